The van der Waals surface area contributed by atoms with Gasteiger partial charge in [0.1, 0.15) is 11.4 Å². The highest BCUT2D eigenvalue weighted by molar-refractivity contribution is 6.07. The molecular formula is C19H24FN3O3. The van der Waals surface area contributed by atoms with Gasteiger partial charge in [0.15, 0.2) is 0 Å². The van der Waals surface area contributed by atoms with E-state index in [9.17, 15) is 18.8 Å². The van der Waals surface area contributed by atoms with Crippen LogP contribution in [0.3, 0.4) is 0 Å². The van der Waals surface area contributed by atoms with Gasteiger partial charge in [0.05, 0.1) is 0 Å². The lowest BCUT2D eigenvalue weighted by molar-refractivity contribution is -0.133. The average Bonchev–Trinajstić information content (AvgIpc) is 3.17. The van der Waals surface area contributed by atoms with Crippen LogP contribution in [0.4, 0.5) is 9.18 Å². The Labute approximate surface area is 152 Å². The molecular weight excluding hydrogens is 337 g/mol. The molecule has 7 heteroatoms. The zero-order valence-corrected chi connectivity index (χ0v) is 15.0. The van der Waals surface area contributed by atoms with Gasteiger partial charge in [0.2, 0.25) is 5.91 Å². The summed E-state index contributed by atoms with van der Waals surface area (Å²) in [5.41, 5.74) is 0.153. The zero-order valence-electron chi connectivity index (χ0n) is 15.0. The van der Waals surface area contributed by atoms with Crippen molar-refractivity contribution in [3.8, 4) is 0 Å². The number of benzene rings is 1. The van der Waals surface area contributed by atoms with Crippen molar-refractivity contribution in [1.29, 1.82) is 0 Å². The molecule has 26 heavy (non-hydrogen) atoms. The van der Waals surface area contributed by atoms with Crippen LogP contribution in [-0.2, 0) is 16.1 Å². The van der Waals surface area contributed by atoms with Gasteiger partial charge in [0, 0.05) is 26.6 Å². The molecule has 0 bridgehead atoms. The Morgan fingerprint density at radius 3 is 2.54 bits per heavy atom. The maximum absolute atomic E-state index is 12.9. The summed E-state index contributed by atoms with van der Waals surface area (Å²) in [5, 5.41) is 2.84. The number of rotatable bonds is 6. The van der Waals surface area contributed by atoms with Gasteiger partial charge in [-0.2, -0.15) is 0 Å². The van der Waals surface area contributed by atoms with Crippen molar-refractivity contribution < 1.29 is 18.8 Å². The third-order valence-electron chi connectivity index (χ3n) is 5.23. The first-order valence-electron chi connectivity index (χ1n) is 9.04. The van der Waals surface area contributed by atoms with Crippen LogP contribution in [-0.4, -0.2) is 46.8 Å². The molecule has 1 aliphatic carbocycles. The SMILES string of the molecule is CN(Cc1ccc(F)cc1)C(=O)CCCN1C(=O)NC2(CCCC2)C1=O. The van der Waals surface area contributed by atoms with Crippen molar-refractivity contribution in [2.24, 2.45) is 0 Å². The second kappa shape index (κ2) is 7.43. The standard InChI is InChI=1S/C19H24FN3O3/c1-22(13-14-6-8-15(20)9-7-14)16(24)5-4-12-23-17(25)19(21-18(23)26)10-2-3-11-19/h6-9H,2-5,10-13H2,1H3,(H,21,26). The molecule has 1 aromatic rings. The van der Waals surface area contributed by atoms with E-state index in [2.05, 4.69) is 5.32 Å². The van der Waals surface area contributed by atoms with Gasteiger partial charge in [-0.05, 0) is 37.0 Å². The molecule has 1 spiro atoms. The topological polar surface area (TPSA) is 69.7 Å². The van der Waals surface area contributed by atoms with Crippen LogP contribution in [0.2, 0.25) is 0 Å². The lowest BCUT2D eigenvalue weighted by atomic mass is 9.98. The molecule has 0 aromatic heterocycles. The van der Waals surface area contributed by atoms with E-state index in [4.69, 9.17) is 0 Å². The van der Waals surface area contributed by atoms with Crippen molar-refractivity contribution in [3.05, 3.63) is 35.6 Å². The monoisotopic (exact) mass is 361 g/mol. The molecule has 2 aliphatic rings. The molecule has 1 saturated heterocycles. The number of halogens is 1. The van der Waals surface area contributed by atoms with Gasteiger partial charge in [-0.3, -0.25) is 14.5 Å². The number of nitrogens with one attached hydrogen (secondary N) is 1. The van der Waals surface area contributed by atoms with Crippen molar-refractivity contribution >= 4 is 17.8 Å². The summed E-state index contributed by atoms with van der Waals surface area (Å²) in [6, 6.07) is 5.68. The first kappa shape index (κ1) is 18.4. The molecule has 1 N–H and O–H groups in total. The molecule has 1 saturated carbocycles. The maximum Gasteiger partial charge on any atom is 0.325 e. The molecule has 2 fully saturated rings. The summed E-state index contributed by atoms with van der Waals surface area (Å²) in [5.74, 6) is -0.527. The highest BCUT2D eigenvalue weighted by Crippen LogP contribution is 2.35. The fourth-order valence-electron chi connectivity index (χ4n) is 3.73. The normalized spacial score (nSPS) is 18.5. The van der Waals surface area contributed by atoms with E-state index in [1.807, 2.05) is 0 Å². The van der Waals surface area contributed by atoms with E-state index < -0.39 is 5.54 Å². The van der Waals surface area contributed by atoms with E-state index in [0.717, 1.165) is 18.4 Å². The second-order valence-corrected chi connectivity index (χ2v) is 7.16. The Balaban J connectivity index is 1.46. The van der Waals surface area contributed by atoms with Crippen molar-refractivity contribution in [2.45, 2.75) is 50.6 Å². The summed E-state index contributed by atoms with van der Waals surface area (Å²) in [4.78, 5) is 39.7. The molecule has 0 unspecified atom stereocenters. The van der Waals surface area contributed by atoms with Gasteiger partial charge in [-0.15, -0.1) is 0 Å². The first-order chi connectivity index (χ1) is 12.4. The van der Waals surface area contributed by atoms with E-state index in [0.29, 0.717) is 25.8 Å². The van der Waals surface area contributed by atoms with E-state index in [1.54, 1.807) is 24.1 Å². The van der Waals surface area contributed by atoms with Crippen molar-refractivity contribution in [1.82, 2.24) is 15.1 Å². The predicted octanol–water partition coefficient (Wildman–Crippen LogP) is 2.43. The fourth-order valence-corrected chi connectivity index (χ4v) is 3.73. The Morgan fingerprint density at radius 2 is 1.88 bits per heavy atom. The molecule has 4 amide bonds. The van der Waals surface area contributed by atoms with Gasteiger partial charge >= 0.3 is 6.03 Å². The second-order valence-electron chi connectivity index (χ2n) is 7.16. The third-order valence-corrected chi connectivity index (χ3v) is 5.23. The lowest BCUT2D eigenvalue weighted by Gasteiger charge is -2.20. The number of amides is 4. The minimum atomic E-state index is -0.694. The number of hydrogen-bond acceptors (Lipinski definition) is 3. The molecule has 0 atom stereocenters. The zero-order chi connectivity index (χ0) is 18.7. The van der Waals surface area contributed by atoms with Crippen LogP contribution in [0, 0.1) is 5.82 Å². The van der Waals surface area contributed by atoms with Crippen LogP contribution >= 0.6 is 0 Å². The number of urea groups is 1. The van der Waals surface area contributed by atoms with Gasteiger partial charge in [-0.1, -0.05) is 25.0 Å². The quantitative estimate of drug-likeness (QED) is 0.791. The van der Waals surface area contributed by atoms with Crippen LogP contribution < -0.4 is 5.32 Å². The largest absolute Gasteiger partial charge is 0.341 e. The minimum absolute atomic E-state index is 0.0723. The number of carbonyl (C=O) groups is 3. The molecule has 1 heterocycles. The summed E-state index contributed by atoms with van der Waals surface area (Å²) >= 11 is 0. The van der Waals surface area contributed by atoms with Crippen LogP contribution in [0.1, 0.15) is 44.1 Å². The fraction of sp³-hybridized carbons (Fsp3) is 0.526. The molecule has 140 valence electrons. The molecule has 1 aromatic carbocycles. The van der Waals surface area contributed by atoms with Gasteiger partial charge in [-0.25, -0.2) is 9.18 Å². The lowest BCUT2D eigenvalue weighted by Crippen LogP contribution is -2.44. The Hall–Kier alpha value is -2.44. The highest BCUT2D eigenvalue weighted by Gasteiger charge is 2.52. The number of nitrogens with zero attached hydrogens (tertiary/aromatic N) is 2. The predicted molar refractivity (Wildman–Crippen MR) is 93.6 cm³/mol. The van der Waals surface area contributed by atoms with Gasteiger partial charge in [0.25, 0.3) is 5.91 Å². The number of hydrogen-bond donors (Lipinski definition) is 1. The smallest absolute Gasteiger partial charge is 0.325 e. The summed E-state index contributed by atoms with van der Waals surface area (Å²) in [6.07, 6.45) is 3.99. The average molecular weight is 361 g/mol. The summed E-state index contributed by atoms with van der Waals surface area (Å²) < 4.78 is 12.9. The summed E-state index contributed by atoms with van der Waals surface area (Å²) in [7, 11) is 1.69. The molecule has 6 nitrogen and oxygen atoms in total. The molecule has 1 aliphatic heterocycles. The van der Waals surface area contributed by atoms with Crippen LogP contribution in [0.15, 0.2) is 24.3 Å². The Bertz CT molecular complexity index is 698. The summed E-state index contributed by atoms with van der Waals surface area (Å²) in [6.45, 7) is 0.647. The first-order valence-corrected chi connectivity index (χ1v) is 9.04. The highest BCUT2D eigenvalue weighted by atomic mass is 19.1. The minimum Gasteiger partial charge on any atom is -0.341 e. The van der Waals surface area contributed by atoms with E-state index >= 15 is 0 Å². The van der Waals surface area contributed by atoms with Crippen LogP contribution in [0.25, 0.3) is 0 Å². The molecule has 3 rings (SSSR count). The Kier molecular flexibility index (Phi) is 5.25. The third kappa shape index (κ3) is 3.71. The Morgan fingerprint density at radius 1 is 1.23 bits per heavy atom. The number of imide groups is 1. The molecule has 0 radical (unpaired) electrons. The van der Waals surface area contributed by atoms with Crippen molar-refractivity contribution in [3.63, 3.8) is 0 Å². The van der Waals surface area contributed by atoms with E-state index in [-0.39, 0.29) is 36.6 Å². The van der Waals surface area contributed by atoms with Crippen molar-refractivity contribution in [2.75, 3.05) is 13.6 Å². The van der Waals surface area contributed by atoms with Crippen LogP contribution in [0.5, 0.6) is 0 Å². The van der Waals surface area contributed by atoms with Gasteiger partial charge < -0.3 is 10.2 Å². The number of carbonyl (C=O) groups excluding carboxylic acids is 3. The van der Waals surface area contributed by atoms with E-state index in [1.165, 1.54) is 17.0 Å². The maximum atomic E-state index is 12.9.